The second kappa shape index (κ2) is 11.8. The fourth-order valence-electron chi connectivity index (χ4n) is 4.05. The molecule has 0 bridgehead atoms. The molecule has 0 spiro atoms. The van der Waals surface area contributed by atoms with E-state index in [0.717, 1.165) is 42.8 Å². The third-order valence-corrected chi connectivity index (χ3v) is 8.69. The highest BCUT2D eigenvalue weighted by Crippen LogP contribution is 2.41. The zero-order valence-electron chi connectivity index (χ0n) is 20.3. The van der Waals surface area contributed by atoms with E-state index in [1.807, 2.05) is 42.5 Å². The first kappa shape index (κ1) is 25.3. The first-order valence-corrected chi connectivity index (χ1v) is 14.3. The smallest absolute Gasteiger partial charge is 0.408 e. The number of hydrogen-bond acceptors (Lipinski definition) is 5. The minimum absolute atomic E-state index is 0.369. The Morgan fingerprint density at radius 1 is 0.757 bits per heavy atom. The van der Waals surface area contributed by atoms with Gasteiger partial charge in [0.15, 0.2) is 5.58 Å². The van der Waals surface area contributed by atoms with Crippen LogP contribution < -0.4 is 5.76 Å². The Bertz CT molecular complexity index is 1600. The van der Waals surface area contributed by atoms with Crippen molar-refractivity contribution >= 4 is 61.5 Å². The van der Waals surface area contributed by atoms with Gasteiger partial charge in [0, 0.05) is 29.0 Å². The van der Waals surface area contributed by atoms with Gasteiger partial charge in [0.2, 0.25) is 0 Å². The monoisotopic (exact) mass is 539 g/mol. The lowest BCUT2D eigenvalue weighted by Crippen LogP contribution is -2.08. The molecule has 0 aliphatic heterocycles. The molecule has 0 N–H and O–H groups in total. The molecular weight excluding hydrogens is 515 g/mol. The predicted molar refractivity (Wildman–Crippen MR) is 163 cm³/mol. The van der Waals surface area contributed by atoms with E-state index in [-0.39, 0.29) is 5.76 Å². The van der Waals surface area contributed by atoms with Crippen LogP contribution >= 0.6 is 35.7 Å². The molecule has 0 fully saturated rings. The zero-order valence-corrected chi connectivity index (χ0v) is 22.7. The number of hydrogen-bond donors (Lipinski definition) is 0. The lowest BCUT2D eigenvalue weighted by Gasteiger charge is -2.17. The molecule has 0 saturated heterocycles. The van der Waals surface area contributed by atoms with Gasteiger partial charge in [0.05, 0.1) is 9.71 Å². The van der Waals surface area contributed by atoms with Crippen molar-refractivity contribution < 1.29 is 4.42 Å². The second-order valence-corrected chi connectivity index (χ2v) is 11.2. The van der Waals surface area contributed by atoms with E-state index in [0.29, 0.717) is 5.58 Å². The second-order valence-electron chi connectivity index (χ2n) is 8.52. The predicted octanol–water partition coefficient (Wildman–Crippen LogP) is 8.19. The molecule has 0 aliphatic carbocycles. The molecule has 37 heavy (non-hydrogen) atoms. The van der Waals surface area contributed by atoms with Crippen LogP contribution in [0.1, 0.15) is 22.3 Å². The number of thiocarbonyl (C=S) groups is 1. The molecular formula is C31H25NO2S3. The number of oxazole rings is 1. The summed E-state index contributed by atoms with van der Waals surface area (Å²) in [5.74, 6) is 1.21. The molecule has 5 rings (SSSR count). The summed E-state index contributed by atoms with van der Waals surface area (Å²) < 4.78 is 7.90. The standard InChI is InChI=1S/C31H25NO2S3/c1-32-26-18-17-25(19-27(26)34-31(32)33)29(36-20-22-11-5-2-6-12-22)28(24-15-9-4-10-16-24)30(35)37-21-23-13-7-3-8-14-23/h2-19H,20-21H2,1H3/b29-28-. The number of nitrogens with zero attached hydrogens (tertiary/aromatic N) is 1. The van der Waals surface area contributed by atoms with Gasteiger partial charge < -0.3 is 4.42 Å². The first-order chi connectivity index (χ1) is 18.1. The quantitative estimate of drug-likeness (QED) is 0.113. The summed E-state index contributed by atoms with van der Waals surface area (Å²) in [6.45, 7) is 0. The number of rotatable bonds is 8. The summed E-state index contributed by atoms with van der Waals surface area (Å²) in [6.07, 6.45) is 0. The highest BCUT2D eigenvalue weighted by atomic mass is 32.2. The summed E-state index contributed by atoms with van der Waals surface area (Å²) in [7, 11) is 1.72. The van der Waals surface area contributed by atoms with E-state index in [4.69, 9.17) is 16.6 Å². The van der Waals surface area contributed by atoms with Gasteiger partial charge in [-0.2, -0.15) is 0 Å². The molecule has 184 valence electrons. The van der Waals surface area contributed by atoms with Crippen molar-refractivity contribution in [2.24, 2.45) is 7.05 Å². The maximum absolute atomic E-state index is 12.2. The van der Waals surface area contributed by atoms with Crippen LogP contribution in [-0.4, -0.2) is 8.76 Å². The van der Waals surface area contributed by atoms with Gasteiger partial charge in [-0.05, 0) is 34.4 Å². The Labute approximate surface area is 230 Å². The highest BCUT2D eigenvalue weighted by Gasteiger charge is 2.19. The van der Waals surface area contributed by atoms with Gasteiger partial charge in [-0.3, -0.25) is 4.57 Å². The number of fused-ring (bicyclic) bond motifs is 1. The molecule has 0 atom stereocenters. The van der Waals surface area contributed by atoms with Gasteiger partial charge in [-0.1, -0.05) is 109 Å². The summed E-state index contributed by atoms with van der Waals surface area (Å²) >= 11 is 9.52. The van der Waals surface area contributed by atoms with Crippen LogP contribution in [0.5, 0.6) is 0 Å². The van der Waals surface area contributed by atoms with Crippen molar-refractivity contribution in [3.05, 3.63) is 142 Å². The van der Waals surface area contributed by atoms with Gasteiger partial charge in [0.1, 0.15) is 0 Å². The van der Waals surface area contributed by atoms with Crippen LogP contribution in [-0.2, 0) is 18.6 Å². The zero-order chi connectivity index (χ0) is 25.6. The fraction of sp³-hybridized carbons (Fsp3) is 0.0968. The van der Waals surface area contributed by atoms with E-state index < -0.39 is 0 Å². The van der Waals surface area contributed by atoms with E-state index >= 15 is 0 Å². The van der Waals surface area contributed by atoms with E-state index in [9.17, 15) is 4.79 Å². The van der Waals surface area contributed by atoms with Crippen molar-refractivity contribution in [2.45, 2.75) is 11.5 Å². The van der Waals surface area contributed by atoms with E-state index in [1.165, 1.54) is 15.7 Å². The third-order valence-electron chi connectivity index (χ3n) is 5.99. The lowest BCUT2D eigenvalue weighted by molar-refractivity contribution is 0.528. The van der Waals surface area contributed by atoms with Crippen LogP contribution in [0.2, 0.25) is 0 Å². The number of thioether (sulfide) groups is 2. The number of benzene rings is 4. The molecule has 5 aromatic rings. The van der Waals surface area contributed by atoms with Gasteiger partial charge >= 0.3 is 5.76 Å². The van der Waals surface area contributed by atoms with Crippen molar-refractivity contribution in [3.8, 4) is 0 Å². The Morgan fingerprint density at radius 3 is 1.95 bits per heavy atom. The van der Waals surface area contributed by atoms with Crippen LogP contribution in [0.3, 0.4) is 0 Å². The van der Waals surface area contributed by atoms with Gasteiger partial charge in [-0.25, -0.2) is 4.79 Å². The van der Waals surface area contributed by atoms with Crippen molar-refractivity contribution in [1.29, 1.82) is 0 Å². The molecule has 0 saturated carbocycles. The summed E-state index contributed by atoms with van der Waals surface area (Å²) in [4.78, 5) is 13.2. The Morgan fingerprint density at radius 2 is 1.32 bits per heavy atom. The minimum Gasteiger partial charge on any atom is -0.408 e. The Hall–Kier alpha value is -3.32. The molecule has 0 radical (unpaired) electrons. The van der Waals surface area contributed by atoms with E-state index in [2.05, 4.69) is 66.7 Å². The molecule has 6 heteroatoms. The largest absolute Gasteiger partial charge is 0.419 e. The molecule has 4 aromatic carbocycles. The fourth-order valence-corrected chi connectivity index (χ4v) is 6.59. The topological polar surface area (TPSA) is 35.1 Å². The van der Waals surface area contributed by atoms with Crippen LogP contribution in [0.4, 0.5) is 0 Å². The summed E-state index contributed by atoms with van der Waals surface area (Å²) in [6, 6.07) is 37.1. The van der Waals surface area contributed by atoms with Crippen LogP contribution in [0.25, 0.3) is 21.6 Å². The lowest BCUT2D eigenvalue weighted by atomic mass is 10.0. The molecule has 1 heterocycles. The summed E-state index contributed by atoms with van der Waals surface area (Å²) in [5, 5.41) is 0. The van der Waals surface area contributed by atoms with E-state index in [1.54, 1.807) is 30.6 Å². The Balaban J connectivity index is 1.62. The Kier molecular flexibility index (Phi) is 8.09. The average Bonchev–Trinajstić information content (AvgIpc) is 3.23. The molecule has 3 nitrogen and oxygen atoms in total. The molecule has 1 aromatic heterocycles. The highest BCUT2D eigenvalue weighted by molar-refractivity contribution is 8.24. The SMILES string of the molecule is Cn1c(=O)oc2cc(/C(SCc3ccccc3)=C(/C(=S)SCc3ccccc3)c3ccccc3)ccc21. The van der Waals surface area contributed by atoms with Gasteiger partial charge in [-0.15, -0.1) is 23.5 Å². The number of aromatic nitrogens is 1. The maximum atomic E-state index is 12.2. The molecule has 0 aliphatic rings. The molecule has 0 unspecified atom stereocenters. The van der Waals surface area contributed by atoms with Crippen molar-refractivity contribution in [1.82, 2.24) is 4.57 Å². The minimum atomic E-state index is -0.369. The van der Waals surface area contributed by atoms with Crippen molar-refractivity contribution in [3.63, 3.8) is 0 Å². The average molecular weight is 540 g/mol. The van der Waals surface area contributed by atoms with Crippen molar-refractivity contribution in [2.75, 3.05) is 0 Å². The summed E-state index contributed by atoms with van der Waals surface area (Å²) in [5.41, 5.74) is 6.86. The third kappa shape index (κ3) is 5.99. The normalized spacial score (nSPS) is 11.9. The van der Waals surface area contributed by atoms with Crippen LogP contribution in [0, 0.1) is 0 Å². The first-order valence-electron chi connectivity index (χ1n) is 11.9. The maximum Gasteiger partial charge on any atom is 0.419 e. The van der Waals surface area contributed by atoms with Crippen LogP contribution in [0.15, 0.2) is 118 Å². The molecule has 0 amide bonds. The number of aryl methyl sites for hydroxylation is 1. The van der Waals surface area contributed by atoms with Gasteiger partial charge in [0.25, 0.3) is 0 Å².